The lowest BCUT2D eigenvalue weighted by Crippen LogP contribution is -2.05. The van der Waals surface area contributed by atoms with Gasteiger partial charge in [0.15, 0.2) is 0 Å². The van der Waals surface area contributed by atoms with E-state index in [1.165, 1.54) is 0 Å². The van der Waals surface area contributed by atoms with E-state index in [0.29, 0.717) is 17.6 Å². The summed E-state index contributed by atoms with van der Waals surface area (Å²) in [5.41, 5.74) is 3.33. The Kier molecular flexibility index (Phi) is 4.89. The van der Waals surface area contributed by atoms with Crippen molar-refractivity contribution in [1.29, 1.82) is 5.26 Å². The molecule has 0 unspecified atom stereocenters. The van der Waals surface area contributed by atoms with Crippen LogP contribution in [0.15, 0.2) is 30.3 Å². The maximum atomic E-state index is 9.17. The molecule has 0 bridgehead atoms. The summed E-state index contributed by atoms with van der Waals surface area (Å²) >= 11 is 0. The van der Waals surface area contributed by atoms with E-state index in [-0.39, 0.29) is 0 Å². The van der Waals surface area contributed by atoms with Gasteiger partial charge in [-0.3, -0.25) is 0 Å². The highest BCUT2D eigenvalue weighted by Gasteiger charge is 2.28. The molecular weight excluding hydrogens is 260 g/mol. The molecule has 1 N–H and O–H groups in total. The summed E-state index contributed by atoms with van der Waals surface area (Å²) in [7, 11) is 0. The van der Waals surface area contributed by atoms with E-state index in [9.17, 15) is 0 Å². The Bertz CT molecular complexity index is 640. The van der Waals surface area contributed by atoms with Gasteiger partial charge in [-0.1, -0.05) is 32.0 Å². The molecule has 1 fully saturated rings. The third-order valence-electron chi connectivity index (χ3n) is 3.28. The van der Waals surface area contributed by atoms with Gasteiger partial charge in [-0.05, 0) is 31.9 Å². The fourth-order valence-corrected chi connectivity index (χ4v) is 2.10. The first-order valence-corrected chi connectivity index (χ1v) is 7.38. The fraction of sp³-hybridized carbons (Fsp3) is 0.353. The van der Waals surface area contributed by atoms with Crippen molar-refractivity contribution < 1.29 is 0 Å². The van der Waals surface area contributed by atoms with Crippen LogP contribution in [0.1, 0.15) is 49.6 Å². The first kappa shape index (κ1) is 15.0. The molecule has 2 aromatic rings. The van der Waals surface area contributed by atoms with E-state index in [0.717, 1.165) is 29.8 Å². The molecule has 4 nitrogen and oxygen atoms in total. The van der Waals surface area contributed by atoms with Crippen LogP contribution in [0, 0.1) is 18.3 Å². The largest absolute Gasteiger partial charge is 0.324 e. The van der Waals surface area contributed by atoms with Gasteiger partial charge in [-0.25, -0.2) is 9.97 Å². The van der Waals surface area contributed by atoms with Crippen molar-refractivity contribution >= 4 is 11.6 Å². The lowest BCUT2D eigenvalue weighted by atomic mass is 10.1. The van der Waals surface area contributed by atoms with Crippen LogP contribution in [-0.4, -0.2) is 9.97 Å². The summed E-state index contributed by atoms with van der Waals surface area (Å²) in [6.07, 6.45) is 2.32. The topological polar surface area (TPSA) is 61.6 Å². The SMILES string of the molecule is CC.Cc1c(C#N)nc(Nc2ccccc2)nc1C1CC1. The third kappa shape index (κ3) is 3.57. The molecule has 3 rings (SSSR count). The second-order valence-electron chi connectivity index (χ2n) is 4.78. The predicted octanol–water partition coefficient (Wildman–Crippen LogP) is 4.30. The number of anilines is 2. The van der Waals surface area contributed by atoms with Gasteiger partial charge >= 0.3 is 0 Å². The number of rotatable bonds is 3. The third-order valence-corrected chi connectivity index (χ3v) is 3.28. The molecule has 0 saturated heterocycles. The van der Waals surface area contributed by atoms with Gasteiger partial charge in [0.05, 0.1) is 5.69 Å². The van der Waals surface area contributed by atoms with Crippen LogP contribution in [0.5, 0.6) is 0 Å². The van der Waals surface area contributed by atoms with Crippen molar-refractivity contribution in [1.82, 2.24) is 9.97 Å². The smallest absolute Gasteiger partial charge is 0.228 e. The molecule has 0 spiro atoms. The van der Waals surface area contributed by atoms with Gasteiger partial charge in [0.2, 0.25) is 5.95 Å². The van der Waals surface area contributed by atoms with Gasteiger partial charge in [-0.2, -0.15) is 5.26 Å². The average molecular weight is 280 g/mol. The number of nitrogens with zero attached hydrogens (tertiary/aromatic N) is 3. The maximum Gasteiger partial charge on any atom is 0.228 e. The van der Waals surface area contributed by atoms with Gasteiger partial charge in [0, 0.05) is 17.2 Å². The molecule has 108 valence electrons. The van der Waals surface area contributed by atoms with Crippen LogP contribution < -0.4 is 5.32 Å². The van der Waals surface area contributed by atoms with E-state index < -0.39 is 0 Å². The summed E-state index contributed by atoms with van der Waals surface area (Å²) < 4.78 is 0. The van der Waals surface area contributed by atoms with Crippen molar-refractivity contribution in [2.75, 3.05) is 5.32 Å². The summed E-state index contributed by atoms with van der Waals surface area (Å²) in [6, 6.07) is 11.9. The lowest BCUT2D eigenvalue weighted by molar-refractivity contribution is 0.955. The summed E-state index contributed by atoms with van der Waals surface area (Å²) in [4.78, 5) is 8.84. The molecule has 0 atom stereocenters. The Hall–Kier alpha value is -2.41. The van der Waals surface area contributed by atoms with Crippen molar-refractivity contribution in [3.05, 3.63) is 47.3 Å². The number of benzene rings is 1. The minimum atomic E-state index is 0.468. The number of hydrogen-bond acceptors (Lipinski definition) is 4. The molecule has 0 radical (unpaired) electrons. The summed E-state index contributed by atoms with van der Waals surface area (Å²) in [5, 5.41) is 12.3. The molecule has 1 saturated carbocycles. The van der Waals surface area contributed by atoms with Crippen LogP contribution in [0.25, 0.3) is 0 Å². The monoisotopic (exact) mass is 280 g/mol. The lowest BCUT2D eigenvalue weighted by Gasteiger charge is -2.09. The number of para-hydroxylation sites is 1. The number of nitriles is 1. The van der Waals surface area contributed by atoms with E-state index in [4.69, 9.17) is 5.26 Å². The predicted molar refractivity (Wildman–Crippen MR) is 84.5 cm³/mol. The highest BCUT2D eigenvalue weighted by Crippen LogP contribution is 2.41. The number of aromatic nitrogens is 2. The highest BCUT2D eigenvalue weighted by molar-refractivity contribution is 5.54. The molecule has 0 aliphatic heterocycles. The number of nitrogens with one attached hydrogen (secondary N) is 1. The van der Waals surface area contributed by atoms with E-state index >= 15 is 0 Å². The Balaban J connectivity index is 0.000000774. The van der Waals surface area contributed by atoms with Crippen LogP contribution in [0.2, 0.25) is 0 Å². The van der Waals surface area contributed by atoms with Crippen LogP contribution in [0.4, 0.5) is 11.6 Å². The zero-order valence-corrected chi connectivity index (χ0v) is 12.7. The second-order valence-corrected chi connectivity index (χ2v) is 4.78. The molecule has 21 heavy (non-hydrogen) atoms. The van der Waals surface area contributed by atoms with Crippen molar-refractivity contribution in [2.45, 2.75) is 39.5 Å². The van der Waals surface area contributed by atoms with E-state index in [2.05, 4.69) is 21.4 Å². The summed E-state index contributed by atoms with van der Waals surface area (Å²) in [5.74, 6) is 1.02. The first-order chi connectivity index (χ1) is 10.3. The van der Waals surface area contributed by atoms with Gasteiger partial charge in [-0.15, -0.1) is 0 Å². The molecule has 1 aliphatic rings. The molecule has 1 aromatic heterocycles. The summed E-state index contributed by atoms with van der Waals surface area (Å²) in [6.45, 7) is 5.93. The molecule has 1 aromatic carbocycles. The van der Waals surface area contributed by atoms with Crippen molar-refractivity contribution in [3.63, 3.8) is 0 Å². The Morgan fingerprint density at radius 1 is 1.14 bits per heavy atom. The Labute approximate surface area is 125 Å². The molecule has 4 heteroatoms. The second kappa shape index (κ2) is 6.85. The molecule has 1 aliphatic carbocycles. The quantitative estimate of drug-likeness (QED) is 0.910. The fourth-order valence-electron chi connectivity index (χ4n) is 2.10. The zero-order chi connectivity index (χ0) is 15.2. The minimum Gasteiger partial charge on any atom is -0.324 e. The molecular formula is C17H20N4. The Morgan fingerprint density at radius 3 is 2.38 bits per heavy atom. The first-order valence-electron chi connectivity index (χ1n) is 7.38. The van der Waals surface area contributed by atoms with Crippen molar-refractivity contribution in [3.8, 4) is 6.07 Å². The minimum absolute atomic E-state index is 0.468. The normalized spacial score (nSPS) is 12.9. The van der Waals surface area contributed by atoms with Gasteiger partial charge < -0.3 is 5.32 Å². The van der Waals surface area contributed by atoms with Crippen LogP contribution >= 0.6 is 0 Å². The average Bonchev–Trinajstić information content (AvgIpc) is 3.36. The zero-order valence-electron chi connectivity index (χ0n) is 12.7. The Morgan fingerprint density at radius 2 is 1.81 bits per heavy atom. The maximum absolute atomic E-state index is 9.17. The van der Waals surface area contributed by atoms with E-state index in [1.807, 2.05) is 51.1 Å². The van der Waals surface area contributed by atoms with Crippen LogP contribution in [0.3, 0.4) is 0 Å². The molecule has 0 amide bonds. The highest BCUT2D eigenvalue weighted by atomic mass is 15.1. The van der Waals surface area contributed by atoms with Crippen LogP contribution in [-0.2, 0) is 0 Å². The van der Waals surface area contributed by atoms with Gasteiger partial charge in [0.25, 0.3) is 0 Å². The molecule has 1 heterocycles. The number of hydrogen-bond donors (Lipinski definition) is 1. The van der Waals surface area contributed by atoms with Gasteiger partial charge in [0.1, 0.15) is 11.8 Å². The van der Waals surface area contributed by atoms with E-state index in [1.54, 1.807) is 0 Å². The van der Waals surface area contributed by atoms with Crippen molar-refractivity contribution in [2.24, 2.45) is 0 Å². The standard InChI is InChI=1S/C15H14N4.C2H6/c1-10-13(9-16)18-15(19-14(10)11-7-8-11)17-12-5-3-2-4-6-12;1-2/h2-6,11H,7-8H2,1H3,(H,17,18,19);1-2H3.